The standard InChI is InChI=1S/C13H26N4O2.ClH/c1-3-4-7-11(16-13(14)19)12(18)17-8-5-6-10(17)9-15-2;/h10-11,15H,3-9H2,1-2H3,(H3,14,16,19);1H. The topological polar surface area (TPSA) is 87.5 Å². The number of likely N-dealkylation sites (N-methyl/N-ethyl adjacent to an activating group) is 1. The molecule has 4 N–H and O–H groups in total. The highest BCUT2D eigenvalue weighted by Crippen LogP contribution is 2.19. The molecule has 3 amide bonds. The van der Waals surface area contributed by atoms with Crippen molar-refractivity contribution in [2.75, 3.05) is 20.1 Å². The second kappa shape index (κ2) is 9.83. The lowest BCUT2D eigenvalue weighted by molar-refractivity contribution is -0.134. The van der Waals surface area contributed by atoms with E-state index in [2.05, 4.69) is 17.6 Å². The fourth-order valence-electron chi connectivity index (χ4n) is 2.61. The molecule has 1 aliphatic rings. The van der Waals surface area contributed by atoms with E-state index < -0.39 is 12.1 Å². The van der Waals surface area contributed by atoms with Crippen LogP contribution in [0.5, 0.6) is 0 Å². The molecule has 1 saturated heterocycles. The Morgan fingerprint density at radius 3 is 2.70 bits per heavy atom. The van der Waals surface area contributed by atoms with Gasteiger partial charge < -0.3 is 21.3 Å². The van der Waals surface area contributed by atoms with Crippen molar-refractivity contribution in [2.45, 2.75) is 51.1 Å². The molecule has 0 aromatic heterocycles. The van der Waals surface area contributed by atoms with E-state index in [9.17, 15) is 9.59 Å². The van der Waals surface area contributed by atoms with Crippen molar-refractivity contribution in [3.05, 3.63) is 0 Å². The highest BCUT2D eigenvalue weighted by Gasteiger charge is 2.32. The number of hydrogen-bond acceptors (Lipinski definition) is 3. The average Bonchev–Trinajstić information content (AvgIpc) is 2.82. The smallest absolute Gasteiger partial charge is 0.312 e. The Hall–Kier alpha value is -1.01. The van der Waals surface area contributed by atoms with Crippen LogP contribution in [0, 0.1) is 0 Å². The molecule has 0 radical (unpaired) electrons. The molecule has 1 aliphatic heterocycles. The Bertz CT molecular complexity index is 315. The molecular formula is C13H27ClN4O2. The molecule has 2 unspecified atom stereocenters. The maximum absolute atomic E-state index is 12.5. The van der Waals surface area contributed by atoms with Gasteiger partial charge in [0, 0.05) is 19.1 Å². The lowest BCUT2D eigenvalue weighted by atomic mass is 10.1. The van der Waals surface area contributed by atoms with Crippen LogP contribution in [-0.4, -0.2) is 49.1 Å². The summed E-state index contributed by atoms with van der Waals surface area (Å²) >= 11 is 0. The van der Waals surface area contributed by atoms with Gasteiger partial charge in [-0.25, -0.2) is 4.79 Å². The van der Waals surface area contributed by atoms with Crippen LogP contribution in [0.1, 0.15) is 39.0 Å². The molecule has 0 spiro atoms. The van der Waals surface area contributed by atoms with Crippen LogP contribution >= 0.6 is 12.4 Å². The second-order valence-corrected chi connectivity index (χ2v) is 5.09. The minimum atomic E-state index is -0.626. The molecule has 1 rings (SSSR count). The SMILES string of the molecule is CCCCC(NC(N)=O)C(=O)N1CCCC1CNC.Cl. The third-order valence-electron chi connectivity index (χ3n) is 3.56. The largest absolute Gasteiger partial charge is 0.352 e. The summed E-state index contributed by atoms with van der Waals surface area (Å²) in [6, 6.07) is -0.870. The number of halogens is 1. The van der Waals surface area contributed by atoms with E-state index in [0.717, 1.165) is 38.8 Å². The van der Waals surface area contributed by atoms with Gasteiger partial charge in [0.2, 0.25) is 5.91 Å². The van der Waals surface area contributed by atoms with Crippen LogP contribution in [-0.2, 0) is 4.79 Å². The molecule has 0 saturated carbocycles. The lowest BCUT2D eigenvalue weighted by Crippen LogP contribution is -2.52. The maximum atomic E-state index is 12.5. The monoisotopic (exact) mass is 306 g/mol. The first-order valence-corrected chi connectivity index (χ1v) is 7.11. The molecule has 0 bridgehead atoms. The van der Waals surface area contributed by atoms with Gasteiger partial charge in [0.1, 0.15) is 6.04 Å². The zero-order valence-corrected chi connectivity index (χ0v) is 13.2. The van der Waals surface area contributed by atoms with Gasteiger partial charge in [-0.3, -0.25) is 4.79 Å². The third-order valence-corrected chi connectivity index (χ3v) is 3.56. The van der Waals surface area contributed by atoms with Crippen molar-refractivity contribution in [3.63, 3.8) is 0 Å². The van der Waals surface area contributed by atoms with Gasteiger partial charge in [-0.1, -0.05) is 19.8 Å². The summed E-state index contributed by atoms with van der Waals surface area (Å²) in [5, 5.41) is 5.69. The molecule has 0 aromatic rings. The number of urea groups is 1. The minimum Gasteiger partial charge on any atom is -0.352 e. The van der Waals surface area contributed by atoms with Gasteiger partial charge in [-0.05, 0) is 26.3 Å². The molecule has 7 heteroatoms. The fourth-order valence-corrected chi connectivity index (χ4v) is 2.61. The van der Waals surface area contributed by atoms with Crippen molar-refractivity contribution in [1.29, 1.82) is 0 Å². The number of primary amides is 1. The number of nitrogens with one attached hydrogen (secondary N) is 2. The van der Waals surface area contributed by atoms with Crippen LogP contribution in [0.4, 0.5) is 4.79 Å². The van der Waals surface area contributed by atoms with Crippen molar-refractivity contribution in [3.8, 4) is 0 Å². The Balaban J connectivity index is 0.00000361. The van der Waals surface area contributed by atoms with E-state index in [1.807, 2.05) is 11.9 Å². The van der Waals surface area contributed by atoms with Crippen LogP contribution in [0.15, 0.2) is 0 Å². The normalized spacial score (nSPS) is 19.3. The van der Waals surface area contributed by atoms with E-state index in [1.165, 1.54) is 0 Å². The van der Waals surface area contributed by atoms with E-state index in [1.54, 1.807) is 0 Å². The summed E-state index contributed by atoms with van der Waals surface area (Å²) in [5.74, 6) is 0.00463. The van der Waals surface area contributed by atoms with E-state index >= 15 is 0 Å². The maximum Gasteiger partial charge on any atom is 0.312 e. The predicted molar refractivity (Wildman–Crippen MR) is 81.9 cm³/mol. The fraction of sp³-hybridized carbons (Fsp3) is 0.846. The van der Waals surface area contributed by atoms with Crippen molar-refractivity contribution < 1.29 is 9.59 Å². The summed E-state index contributed by atoms with van der Waals surface area (Å²) in [6.45, 7) is 3.63. The van der Waals surface area contributed by atoms with Gasteiger partial charge in [0.25, 0.3) is 0 Å². The molecular weight excluding hydrogens is 280 g/mol. The number of amides is 3. The summed E-state index contributed by atoms with van der Waals surface area (Å²) < 4.78 is 0. The number of carbonyl (C=O) groups is 2. The van der Waals surface area contributed by atoms with Gasteiger partial charge >= 0.3 is 6.03 Å². The molecule has 6 nitrogen and oxygen atoms in total. The number of rotatable bonds is 7. The van der Waals surface area contributed by atoms with Gasteiger partial charge in [-0.15, -0.1) is 12.4 Å². The Morgan fingerprint density at radius 1 is 1.45 bits per heavy atom. The summed E-state index contributed by atoms with van der Waals surface area (Å²) in [6.07, 6.45) is 4.59. The van der Waals surface area contributed by atoms with Gasteiger partial charge in [0.15, 0.2) is 0 Å². The zero-order valence-electron chi connectivity index (χ0n) is 12.4. The van der Waals surface area contributed by atoms with Crippen molar-refractivity contribution >= 4 is 24.3 Å². The zero-order chi connectivity index (χ0) is 14.3. The second-order valence-electron chi connectivity index (χ2n) is 5.09. The number of hydrogen-bond donors (Lipinski definition) is 3. The van der Waals surface area contributed by atoms with E-state index in [-0.39, 0.29) is 24.4 Å². The molecule has 1 heterocycles. The van der Waals surface area contributed by atoms with Crippen LogP contribution in [0.3, 0.4) is 0 Å². The Morgan fingerprint density at radius 2 is 2.15 bits per heavy atom. The Kier molecular flexibility index (Phi) is 9.33. The molecule has 0 aromatic carbocycles. The molecule has 0 aliphatic carbocycles. The third kappa shape index (κ3) is 5.54. The molecule has 20 heavy (non-hydrogen) atoms. The first-order chi connectivity index (χ1) is 9.10. The molecule has 1 fully saturated rings. The molecule has 2 atom stereocenters. The number of carbonyl (C=O) groups excluding carboxylic acids is 2. The molecule has 118 valence electrons. The highest BCUT2D eigenvalue weighted by atomic mass is 35.5. The number of nitrogens with two attached hydrogens (primary N) is 1. The van der Waals surface area contributed by atoms with Crippen LogP contribution < -0.4 is 16.4 Å². The number of unbranched alkanes of at least 4 members (excludes halogenated alkanes) is 1. The average molecular weight is 307 g/mol. The summed E-state index contributed by atoms with van der Waals surface area (Å²) in [5.41, 5.74) is 5.16. The first kappa shape index (κ1) is 19.0. The first-order valence-electron chi connectivity index (χ1n) is 7.11. The van der Waals surface area contributed by atoms with Crippen molar-refractivity contribution in [2.24, 2.45) is 5.73 Å². The van der Waals surface area contributed by atoms with Crippen LogP contribution in [0.2, 0.25) is 0 Å². The van der Waals surface area contributed by atoms with Gasteiger partial charge in [0.05, 0.1) is 0 Å². The predicted octanol–water partition coefficient (Wildman–Crippen LogP) is 0.846. The highest BCUT2D eigenvalue weighted by molar-refractivity contribution is 5.87. The summed E-state index contributed by atoms with van der Waals surface area (Å²) in [7, 11) is 1.89. The van der Waals surface area contributed by atoms with Crippen LogP contribution in [0.25, 0.3) is 0 Å². The Labute approximate surface area is 127 Å². The lowest BCUT2D eigenvalue weighted by Gasteiger charge is -2.29. The van der Waals surface area contributed by atoms with Crippen molar-refractivity contribution in [1.82, 2.24) is 15.5 Å². The summed E-state index contributed by atoms with van der Waals surface area (Å²) in [4.78, 5) is 25.4. The number of nitrogens with zero attached hydrogens (tertiary/aromatic N) is 1. The van der Waals surface area contributed by atoms with Gasteiger partial charge in [-0.2, -0.15) is 0 Å². The minimum absolute atomic E-state index is 0. The van der Waals surface area contributed by atoms with E-state index in [4.69, 9.17) is 5.73 Å². The van der Waals surface area contributed by atoms with E-state index in [0.29, 0.717) is 6.42 Å². The quantitative estimate of drug-likeness (QED) is 0.651. The number of likely N-dealkylation sites (tertiary alicyclic amines) is 1.